The molecule has 0 N–H and O–H groups in total. The number of likely N-dealkylation sites (tertiary alicyclic amines) is 1. The van der Waals surface area contributed by atoms with Gasteiger partial charge in [-0.25, -0.2) is 4.98 Å². The molecule has 1 unspecified atom stereocenters. The molecule has 1 atom stereocenters. The Morgan fingerprint density at radius 2 is 2.29 bits per heavy atom. The molecule has 1 saturated heterocycles. The van der Waals surface area contributed by atoms with Gasteiger partial charge in [-0.05, 0) is 38.4 Å². The molecule has 1 aliphatic heterocycles. The highest BCUT2D eigenvalue weighted by molar-refractivity contribution is 5.53. The van der Waals surface area contributed by atoms with Crippen LogP contribution < -0.4 is 0 Å². The molecule has 0 aliphatic carbocycles. The van der Waals surface area contributed by atoms with Crippen molar-refractivity contribution < 1.29 is 4.52 Å². The number of hydrogen-bond acceptors (Lipinski definition) is 6. The molecule has 24 heavy (non-hydrogen) atoms. The van der Waals surface area contributed by atoms with Gasteiger partial charge in [-0.3, -0.25) is 9.58 Å². The van der Waals surface area contributed by atoms with Gasteiger partial charge in [-0.2, -0.15) is 10.1 Å². The molecule has 7 heteroatoms. The Morgan fingerprint density at radius 1 is 1.33 bits per heavy atom. The largest absolute Gasteiger partial charge is 0.334 e. The lowest BCUT2D eigenvalue weighted by atomic mass is 10.1. The summed E-state index contributed by atoms with van der Waals surface area (Å²) in [7, 11) is 0. The highest BCUT2D eigenvalue weighted by Crippen LogP contribution is 2.22. The fraction of sp³-hybridized carbons (Fsp3) is 0.412. The zero-order chi connectivity index (χ0) is 16.4. The van der Waals surface area contributed by atoms with Crippen LogP contribution in [0.15, 0.2) is 41.4 Å². The summed E-state index contributed by atoms with van der Waals surface area (Å²) in [5.41, 5.74) is 2.15. The second-order valence-corrected chi connectivity index (χ2v) is 6.27. The van der Waals surface area contributed by atoms with Crippen LogP contribution in [0.5, 0.6) is 0 Å². The summed E-state index contributed by atoms with van der Waals surface area (Å²) in [5.74, 6) is 1.32. The first-order chi connectivity index (χ1) is 11.8. The van der Waals surface area contributed by atoms with Gasteiger partial charge < -0.3 is 4.52 Å². The van der Waals surface area contributed by atoms with Gasteiger partial charge >= 0.3 is 0 Å². The Labute approximate surface area is 140 Å². The van der Waals surface area contributed by atoms with Crippen LogP contribution in [-0.4, -0.2) is 42.4 Å². The topological polar surface area (TPSA) is 72.9 Å². The Balaban J connectivity index is 1.45. The lowest BCUT2D eigenvalue weighted by Crippen LogP contribution is -2.33. The van der Waals surface area contributed by atoms with E-state index in [-0.39, 0.29) is 0 Å². The van der Waals surface area contributed by atoms with Gasteiger partial charge in [0.1, 0.15) is 12.7 Å². The van der Waals surface area contributed by atoms with Crippen molar-refractivity contribution in [1.82, 2.24) is 29.8 Å². The van der Waals surface area contributed by atoms with Crippen LogP contribution in [-0.2, 0) is 13.1 Å². The quantitative estimate of drug-likeness (QED) is 0.717. The molecule has 0 amide bonds. The summed E-state index contributed by atoms with van der Waals surface area (Å²) in [6, 6.07) is 8.55. The SMILES string of the molecule is Cc1cccc(-c2nc(CN3CCCC3Cn3cncn3)no2)c1. The summed E-state index contributed by atoms with van der Waals surface area (Å²) in [6.45, 7) is 4.66. The van der Waals surface area contributed by atoms with Crippen molar-refractivity contribution in [1.29, 1.82) is 0 Å². The Kier molecular flexibility index (Phi) is 4.08. The van der Waals surface area contributed by atoms with Crippen molar-refractivity contribution in [2.45, 2.75) is 38.9 Å². The maximum Gasteiger partial charge on any atom is 0.257 e. The third kappa shape index (κ3) is 3.21. The Bertz CT molecular complexity index is 797. The zero-order valence-corrected chi connectivity index (χ0v) is 13.7. The molecule has 0 bridgehead atoms. The normalized spacial score (nSPS) is 18.3. The van der Waals surface area contributed by atoms with Gasteiger partial charge in [0.15, 0.2) is 5.82 Å². The van der Waals surface area contributed by atoms with E-state index in [0.717, 1.165) is 30.9 Å². The summed E-state index contributed by atoms with van der Waals surface area (Å²) in [5, 5.41) is 8.36. The van der Waals surface area contributed by atoms with Gasteiger partial charge in [-0.1, -0.05) is 22.9 Å². The van der Waals surface area contributed by atoms with E-state index in [1.54, 1.807) is 12.7 Å². The van der Waals surface area contributed by atoms with Crippen LogP contribution in [0.25, 0.3) is 11.5 Å². The minimum Gasteiger partial charge on any atom is -0.334 e. The number of hydrogen-bond donors (Lipinski definition) is 0. The number of aromatic nitrogens is 5. The van der Waals surface area contributed by atoms with Crippen molar-refractivity contribution >= 4 is 0 Å². The first-order valence-electron chi connectivity index (χ1n) is 8.24. The highest BCUT2D eigenvalue weighted by atomic mass is 16.5. The lowest BCUT2D eigenvalue weighted by molar-refractivity contribution is 0.211. The first-order valence-corrected chi connectivity index (χ1v) is 8.24. The molecule has 4 rings (SSSR count). The smallest absolute Gasteiger partial charge is 0.257 e. The summed E-state index contributed by atoms with van der Waals surface area (Å²) in [6.07, 6.45) is 5.68. The van der Waals surface area contributed by atoms with Crippen LogP contribution in [0.1, 0.15) is 24.2 Å². The van der Waals surface area contributed by atoms with Crippen molar-refractivity contribution in [3.8, 4) is 11.5 Å². The molecular formula is C17H20N6O. The Hall–Kier alpha value is -2.54. The zero-order valence-electron chi connectivity index (χ0n) is 13.7. The predicted octanol–water partition coefficient (Wildman–Crippen LogP) is 2.30. The van der Waals surface area contributed by atoms with Crippen LogP contribution in [0.2, 0.25) is 0 Å². The molecule has 0 saturated carbocycles. The van der Waals surface area contributed by atoms with Gasteiger partial charge in [0, 0.05) is 11.6 Å². The van der Waals surface area contributed by atoms with E-state index in [9.17, 15) is 0 Å². The van der Waals surface area contributed by atoms with Gasteiger partial charge in [-0.15, -0.1) is 0 Å². The fourth-order valence-electron chi connectivity index (χ4n) is 3.25. The van der Waals surface area contributed by atoms with E-state index in [0.29, 0.717) is 18.5 Å². The molecule has 3 heterocycles. The summed E-state index contributed by atoms with van der Waals surface area (Å²) in [4.78, 5) is 11.0. The predicted molar refractivity (Wildman–Crippen MR) is 87.9 cm³/mol. The summed E-state index contributed by atoms with van der Waals surface area (Å²) < 4.78 is 7.33. The molecule has 1 fully saturated rings. The van der Waals surface area contributed by atoms with Crippen LogP contribution in [0.4, 0.5) is 0 Å². The van der Waals surface area contributed by atoms with Crippen molar-refractivity contribution in [2.24, 2.45) is 0 Å². The summed E-state index contributed by atoms with van der Waals surface area (Å²) >= 11 is 0. The monoisotopic (exact) mass is 324 g/mol. The molecule has 0 radical (unpaired) electrons. The highest BCUT2D eigenvalue weighted by Gasteiger charge is 2.26. The van der Waals surface area contributed by atoms with Crippen LogP contribution in [0.3, 0.4) is 0 Å². The standard InChI is InChI=1S/C17H20N6O/c1-13-4-2-5-14(8-13)17-20-16(21-24-17)10-22-7-3-6-15(22)9-23-12-18-11-19-23/h2,4-5,8,11-12,15H,3,6-7,9-10H2,1H3. The fourth-order valence-corrected chi connectivity index (χ4v) is 3.25. The van der Waals surface area contributed by atoms with Crippen molar-refractivity contribution in [3.05, 3.63) is 48.3 Å². The molecule has 2 aromatic heterocycles. The lowest BCUT2D eigenvalue weighted by Gasteiger charge is -2.22. The number of aryl methyl sites for hydroxylation is 1. The van der Waals surface area contributed by atoms with Crippen molar-refractivity contribution in [2.75, 3.05) is 6.54 Å². The number of rotatable bonds is 5. The first kappa shape index (κ1) is 15.0. The average Bonchev–Trinajstić information content (AvgIpc) is 3.32. The second-order valence-electron chi connectivity index (χ2n) is 6.27. The van der Waals surface area contributed by atoms with E-state index in [2.05, 4.69) is 44.2 Å². The molecule has 7 nitrogen and oxygen atoms in total. The van der Waals surface area contributed by atoms with Gasteiger partial charge in [0.2, 0.25) is 0 Å². The number of nitrogens with zero attached hydrogens (tertiary/aromatic N) is 6. The molecule has 1 aromatic carbocycles. The van der Waals surface area contributed by atoms with E-state index < -0.39 is 0 Å². The minimum absolute atomic E-state index is 0.438. The van der Waals surface area contributed by atoms with E-state index in [4.69, 9.17) is 4.52 Å². The molecule has 124 valence electrons. The van der Waals surface area contributed by atoms with Crippen LogP contribution in [0, 0.1) is 6.92 Å². The van der Waals surface area contributed by atoms with E-state index in [1.165, 1.54) is 12.0 Å². The van der Waals surface area contributed by atoms with Gasteiger partial charge in [0.05, 0.1) is 13.1 Å². The molecular weight excluding hydrogens is 304 g/mol. The van der Waals surface area contributed by atoms with Crippen LogP contribution >= 0.6 is 0 Å². The maximum absolute atomic E-state index is 5.44. The molecule has 0 spiro atoms. The third-order valence-electron chi connectivity index (χ3n) is 4.44. The van der Waals surface area contributed by atoms with E-state index >= 15 is 0 Å². The molecule has 3 aromatic rings. The maximum atomic E-state index is 5.44. The van der Waals surface area contributed by atoms with Crippen molar-refractivity contribution in [3.63, 3.8) is 0 Å². The Morgan fingerprint density at radius 3 is 3.12 bits per heavy atom. The van der Waals surface area contributed by atoms with E-state index in [1.807, 2.05) is 16.8 Å². The molecule has 1 aliphatic rings. The van der Waals surface area contributed by atoms with Gasteiger partial charge in [0.25, 0.3) is 5.89 Å². The average molecular weight is 324 g/mol. The minimum atomic E-state index is 0.438. The number of benzene rings is 1. The second kappa shape index (κ2) is 6.52. The third-order valence-corrected chi connectivity index (χ3v) is 4.44.